The summed E-state index contributed by atoms with van der Waals surface area (Å²) >= 11 is 0. The lowest BCUT2D eigenvalue weighted by Crippen LogP contribution is -2.37. The van der Waals surface area contributed by atoms with Gasteiger partial charge in [-0.3, -0.25) is 9.48 Å². The van der Waals surface area contributed by atoms with Crippen molar-refractivity contribution in [3.63, 3.8) is 0 Å². The van der Waals surface area contributed by atoms with E-state index in [0.29, 0.717) is 24.0 Å². The fraction of sp³-hybridized carbons (Fsp3) is 0.786. The molecule has 1 heterocycles. The predicted octanol–water partition coefficient (Wildman–Crippen LogP) is 1.21. The van der Waals surface area contributed by atoms with Gasteiger partial charge >= 0.3 is 0 Å². The standard InChI is InChI=1S/C14H24N4O2/c1-10(2)5-7-18-9-13(16-17-18)14(20)15-12(6-8-19)11-3-4-11/h9-12,19H,3-8H2,1-2H3,(H,15,20). The second kappa shape index (κ2) is 6.83. The minimum Gasteiger partial charge on any atom is -0.396 e. The zero-order chi connectivity index (χ0) is 14.5. The van der Waals surface area contributed by atoms with Crippen LogP contribution < -0.4 is 5.32 Å². The Hall–Kier alpha value is -1.43. The average Bonchev–Trinajstić information content (AvgIpc) is 3.14. The third-order valence-electron chi connectivity index (χ3n) is 3.65. The average molecular weight is 280 g/mol. The summed E-state index contributed by atoms with van der Waals surface area (Å²) in [5, 5.41) is 19.9. The monoisotopic (exact) mass is 280 g/mol. The largest absolute Gasteiger partial charge is 0.396 e. The second-order valence-corrected chi connectivity index (χ2v) is 5.98. The summed E-state index contributed by atoms with van der Waals surface area (Å²) in [7, 11) is 0. The first-order valence-electron chi connectivity index (χ1n) is 7.42. The third kappa shape index (κ3) is 4.30. The number of hydrogen-bond acceptors (Lipinski definition) is 4. The van der Waals surface area contributed by atoms with Gasteiger partial charge in [-0.1, -0.05) is 19.1 Å². The molecule has 6 heteroatoms. The van der Waals surface area contributed by atoms with E-state index in [-0.39, 0.29) is 18.6 Å². The van der Waals surface area contributed by atoms with Gasteiger partial charge in [-0.2, -0.15) is 0 Å². The predicted molar refractivity (Wildman–Crippen MR) is 75.2 cm³/mol. The maximum absolute atomic E-state index is 12.1. The fourth-order valence-electron chi connectivity index (χ4n) is 2.21. The molecule has 1 amide bonds. The maximum Gasteiger partial charge on any atom is 0.273 e. The Kier molecular flexibility index (Phi) is 5.11. The highest BCUT2D eigenvalue weighted by atomic mass is 16.3. The summed E-state index contributed by atoms with van der Waals surface area (Å²) in [6.45, 7) is 5.18. The third-order valence-corrected chi connectivity index (χ3v) is 3.65. The number of aliphatic hydroxyl groups is 1. The topological polar surface area (TPSA) is 80.0 Å². The molecular formula is C14H24N4O2. The molecule has 2 N–H and O–H groups in total. The Morgan fingerprint density at radius 2 is 2.25 bits per heavy atom. The number of carbonyl (C=O) groups excluding carboxylic acids is 1. The van der Waals surface area contributed by atoms with Gasteiger partial charge in [0.25, 0.3) is 5.91 Å². The first-order valence-corrected chi connectivity index (χ1v) is 7.42. The van der Waals surface area contributed by atoms with E-state index in [0.717, 1.165) is 25.8 Å². The van der Waals surface area contributed by atoms with Gasteiger partial charge in [-0.25, -0.2) is 0 Å². The minimum atomic E-state index is -0.189. The van der Waals surface area contributed by atoms with Gasteiger partial charge in [-0.05, 0) is 37.5 Å². The first-order chi connectivity index (χ1) is 9.60. The molecule has 1 aromatic heterocycles. The number of aliphatic hydroxyl groups excluding tert-OH is 1. The van der Waals surface area contributed by atoms with Gasteiger partial charge < -0.3 is 10.4 Å². The fourth-order valence-corrected chi connectivity index (χ4v) is 2.21. The van der Waals surface area contributed by atoms with E-state index in [1.165, 1.54) is 0 Å². The molecule has 20 heavy (non-hydrogen) atoms. The Bertz CT molecular complexity index is 440. The smallest absolute Gasteiger partial charge is 0.273 e. The highest BCUT2D eigenvalue weighted by Crippen LogP contribution is 2.33. The first kappa shape index (κ1) is 15.0. The molecule has 0 bridgehead atoms. The number of amides is 1. The lowest BCUT2D eigenvalue weighted by Gasteiger charge is -2.15. The van der Waals surface area contributed by atoms with E-state index in [2.05, 4.69) is 29.5 Å². The van der Waals surface area contributed by atoms with Gasteiger partial charge in [0.15, 0.2) is 5.69 Å². The molecule has 6 nitrogen and oxygen atoms in total. The van der Waals surface area contributed by atoms with Gasteiger partial charge in [0.1, 0.15) is 0 Å². The number of aryl methyl sites for hydroxylation is 1. The van der Waals surface area contributed by atoms with Crippen LogP contribution >= 0.6 is 0 Å². The van der Waals surface area contributed by atoms with Crippen molar-refractivity contribution in [1.29, 1.82) is 0 Å². The molecule has 1 aliphatic rings. The zero-order valence-electron chi connectivity index (χ0n) is 12.2. The molecule has 1 aromatic rings. The summed E-state index contributed by atoms with van der Waals surface area (Å²) in [6.07, 6.45) is 5.58. The Labute approximate surface area is 119 Å². The maximum atomic E-state index is 12.1. The lowest BCUT2D eigenvalue weighted by atomic mass is 10.1. The summed E-state index contributed by atoms with van der Waals surface area (Å²) < 4.78 is 1.72. The molecule has 2 rings (SSSR count). The Morgan fingerprint density at radius 3 is 2.85 bits per heavy atom. The van der Waals surface area contributed by atoms with Crippen LogP contribution in [0.15, 0.2) is 6.20 Å². The van der Waals surface area contributed by atoms with E-state index < -0.39 is 0 Å². The molecule has 1 unspecified atom stereocenters. The van der Waals surface area contributed by atoms with E-state index in [4.69, 9.17) is 5.11 Å². The Balaban J connectivity index is 1.88. The van der Waals surface area contributed by atoms with Gasteiger partial charge in [0.2, 0.25) is 0 Å². The number of hydrogen-bond donors (Lipinski definition) is 2. The zero-order valence-corrected chi connectivity index (χ0v) is 12.2. The highest BCUT2D eigenvalue weighted by molar-refractivity contribution is 5.92. The molecule has 0 aliphatic heterocycles. The minimum absolute atomic E-state index is 0.0633. The quantitative estimate of drug-likeness (QED) is 0.750. The summed E-state index contributed by atoms with van der Waals surface area (Å²) in [4.78, 5) is 12.1. The normalized spacial score (nSPS) is 16.4. The van der Waals surface area contributed by atoms with Crippen LogP contribution in [0.1, 0.15) is 50.0 Å². The van der Waals surface area contributed by atoms with Crippen molar-refractivity contribution in [2.24, 2.45) is 11.8 Å². The van der Waals surface area contributed by atoms with E-state index in [1.807, 2.05) is 0 Å². The molecule has 1 aliphatic carbocycles. The molecule has 1 fully saturated rings. The van der Waals surface area contributed by atoms with Crippen molar-refractivity contribution >= 4 is 5.91 Å². The number of rotatable bonds is 8. The summed E-state index contributed by atoms with van der Waals surface area (Å²) in [5.41, 5.74) is 0.359. The highest BCUT2D eigenvalue weighted by Gasteiger charge is 2.32. The SMILES string of the molecule is CC(C)CCn1cc(C(=O)NC(CCO)C2CC2)nn1. The van der Waals surface area contributed by atoms with Crippen molar-refractivity contribution in [2.75, 3.05) is 6.61 Å². The summed E-state index contributed by atoms with van der Waals surface area (Å²) in [5.74, 6) is 0.925. The van der Waals surface area contributed by atoms with Crippen LogP contribution in [-0.2, 0) is 6.54 Å². The van der Waals surface area contributed by atoms with Gasteiger partial charge in [0.05, 0.1) is 6.20 Å². The van der Waals surface area contributed by atoms with Crippen molar-refractivity contribution in [1.82, 2.24) is 20.3 Å². The molecule has 0 saturated heterocycles. The summed E-state index contributed by atoms with van der Waals surface area (Å²) in [6, 6.07) is 0.0633. The van der Waals surface area contributed by atoms with Crippen LogP contribution in [0.3, 0.4) is 0 Å². The molecule has 1 saturated carbocycles. The molecule has 0 radical (unpaired) electrons. The molecular weight excluding hydrogens is 256 g/mol. The van der Waals surface area contributed by atoms with Crippen LogP contribution in [0.25, 0.3) is 0 Å². The van der Waals surface area contributed by atoms with Crippen molar-refractivity contribution in [3.8, 4) is 0 Å². The van der Waals surface area contributed by atoms with E-state index >= 15 is 0 Å². The number of nitrogens with zero attached hydrogens (tertiary/aromatic N) is 3. The molecule has 0 spiro atoms. The van der Waals surface area contributed by atoms with Crippen LogP contribution in [0.5, 0.6) is 0 Å². The molecule has 112 valence electrons. The number of nitrogens with one attached hydrogen (secondary N) is 1. The Morgan fingerprint density at radius 1 is 1.50 bits per heavy atom. The van der Waals surface area contributed by atoms with Gasteiger partial charge in [-0.15, -0.1) is 5.10 Å². The number of carbonyl (C=O) groups is 1. The van der Waals surface area contributed by atoms with Crippen molar-refractivity contribution < 1.29 is 9.90 Å². The van der Waals surface area contributed by atoms with E-state index in [1.54, 1.807) is 10.9 Å². The number of aromatic nitrogens is 3. The van der Waals surface area contributed by atoms with Gasteiger partial charge in [0, 0.05) is 19.2 Å². The molecule has 0 aromatic carbocycles. The van der Waals surface area contributed by atoms with Crippen molar-refractivity contribution in [3.05, 3.63) is 11.9 Å². The van der Waals surface area contributed by atoms with Crippen LogP contribution in [0.2, 0.25) is 0 Å². The van der Waals surface area contributed by atoms with Crippen LogP contribution in [0.4, 0.5) is 0 Å². The molecule has 1 atom stereocenters. The lowest BCUT2D eigenvalue weighted by molar-refractivity contribution is 0.0919. The van der Waals surface area contributed by atoms with E-state index in [9.17, 15) is 4.79 Å². The second-order valence-electron chi connectivity index (χ2n) is 5.98. The van der Waals surface area contributed by atoms with Crippen LogP contribution in [0, 0.1) is 11.8 Å². The van der Waals surface area contributed by atoms with Crippen molar-refractivity contribution in [2.45, 2.75) is 52.1 Å². The van der Waals surface area contributed by atoms with Crippen LogP contribution in [-0.4, -0.2) is 38.7 Å².